The van der Waals surface area contributed by atoms with Gasteiger partial charge in [-0.25, -0.2) is 0 Å². The number of hydrogen-bond donors (Lipinski definition) is 1. The van der Waals surface area contributed by atoms with E-state index in [-0.39, 0.29) is 5.91 Å². The van der Waals surface area contributed by atoms with Gasteiger partial charge in [-0.05, 0) is 34.1 Å². The minimum absolute atomic E-state index is 0.175. The maximum Gasteiger partial charge on any atom is 0.255 e. The normalized spacial score (nSPS) is 12.7. The molecule has 5 nitrogen and oxygen atoms in total. The van der Waals surface area contributed by atoms with Gasteiger partial charge in [0.25, 0.3) is 5.91 Å². The Hall–Kier alpha value is -2.21. The highest BCUT2D eigenvalue weighted by Crippen LogP contribution is 2.38. The highest BCUT2D eigenvalue weighted by Gasteiger charge is 2.17. The van der Waals surface area contributed by atoms with E-state index in [9.17, 15) is 4.79 Å². The van der Waals surface area contributed by atoms with E-state index in [1.165, 1.54) is 0 Å². The van der Waals surface area contributed by atoms with Gasteiger partial charge >= 0.3 is 0 Å². The largest absolute Gasteiger partial charge is 0.486 e. The lowest BCUT2D eigenvalue weighted by Crippen LogP contribution is -2.17. The summed E-state index contributed by atoms with van der Waals surface area (Å²) in [5.74, 6) is 1.14. The van der Waals surface area contributed by atoms with Gasteiger partial charge in [-0.2, -0.15) is 0 Å². The van der Waals surface area contributed by atoms with Crippen molar-refractivity contribution in [2.24, 2.45) is 0 Å². The van der Waals surface area contributed by atoms with Crippen LogP contribution in [0.25, 0.3) is 0 Å². The summed E-state index contributed by atoms with van der Waals surface area (Å²) in [5.41, 5.74) is 2.21. The molecule has 1 aliphatic heterocycles. The number of hydrogen-bond acceptors (Lipinski definition) is 4. The average molecular weight is 377 g/mol. The number of fused-ring (bicyclic) bond motifs is 1. The molecule has 0 aliphatic carbocycles. The first-order valence-electron chi connectivity index (χ1n) is 7.22. The lowest BCUT2D eigenvalue weighted by molar-refractivity contribution is 0.102. The number of carbonyl (C=O) groups excluding carboxylic acids is 1. The lowest BCUT2D eigenvalue weighted by atomic mass is 10.1. The maximum absolute atomic E-state index is 12.5. The minimum Gasteiger partial charge on any atom is -0.486 e. The van der Waals surface area contributed by atoms with E-state index >= 15 is 0 Å². The topological polar surface area (TPSA) is 50.8 Å². The number of nitrogens with one attached hydrogen (secondary N) is 1. The van der Waals surface area contributed by atoms with Gasteiger partial charge in [0, 0.05) is 42.0 Å². The second-order valence-electron chi connectivity index (χ2n) is 5.37. The quantitative estimate of drug-likeness (QED) is 0.889. The van der Waals surface area contributed by atoms with Crippen LogP contribution in [0.2, 0.25) is 0 Å². The van der Waals surface area contributed by atoms with Crippen molar-refractivity contribution < 1.29 is 14.3 Å². The van der Waals surface area contributed by atoms with Gasteiger partial charge in [-0.15, -0.1) is 0 Å². The molecule has 2 aromatic carbocycles. The summed E-state index contributed by atoms with van der Waals surface area (Å²) in [7, 11) is 3.88. The Balaban J connectivity index is 1.84. The zero-order valence-electron chi connectivity index (χ0n) is 12.9. The molecule has 3 rings (SSSR count). The third kappa shape index (κ3) is 3.42. The fourth-order valence-corrected chi connectivity index (χ4v) is 2.70. The van der Waals surface area contributed by atoms with Crippen LogP contribution >= 0.6 is 15.9 Å². The number of nitrogens with zero attached hydrogens (tertiary/aromatic N) is 1. The molecule has 1 amide bonds. The highest BCUT2D eigenvalue weighted by atomic mass is 79.9. The fraction of sp³-hybridized carbons (Fsp3) is 0.235. The van der Waals surface area contributed by atoms with Crippen LogP contribution in [0, 0.1) is 0 Å². The Morgan fingerprint density at radius 1 is 1.13 bits per heavy atom. The maximum atomic E-state index is 12.5. The summed E-state index contributed by atoms with van der Waals surface area (Å²) in [6, 6.07) is 11.0. The fourth-order valence-electron chi connectivity index (χ4n) is 2.28. The van der Waals surface area contributed by atoms with Crippen LogP contribution < -0.4 is 19.7 Å². The predicted octanol–water partition coefficient (Wildman–Crippen LogP) is 3.54. The number of rotatable bonds is 3. The van der Waals surface area contributed by atoms with E-state index in [1.807, 2.05) is 37.2 Å². The Morgan fingerprint density at radius 2 is 1.83 bits per heavy atom. The molecule has 0 spiro atoms. The van der Waals surface area contributed by atoms with E-state index in [1.54, 1.807) is 18.2 Å². The van der Waals surface area contributed by atoms with E-state index < -0.39 is 0 Å². The number of anilines is 2. The molecule has 0 radical (unpaired) electrons. The van der Waals surface area contributed by atoms with Gasteiger partial charge in [0.2, 0.25) is 0 Å². The second-order valence-corrected chi connectivity index (χ2v) is 6.23. The summed E-state index contributed by atoms with van der Waals surface area (Å²) in [6.45, 7) is 1.04. The van der Waals surface area contributed by atoms with Gasteiger partial charge in [0.1, 0.15) is 13.2 Å². The minimum atomic E-state index is -0.175. The number of carbonyl (C=O) groups is 1. The first-order chi connectivity index (χ1) is 11.0. The summed E-state index contributed by atoms with van der Waals surface area (Å²) in [6.07, 6.45) is 0. The predicted molar refractivity (Wildman–Crippen MR) is 93.9 cm³/mol. The average Bonchev–Trinajstić information content (AvgIpc) is 2.55. The van der Waals surface area contributed by atoms with Gasteiger partial charge < -0.3 is 19.7 Å². The zero-order valence-corrected chi connectivity index (χ0v) is 14.5. The van der Waals surface area contributed by atoms with Gasteiger partial charge in [0.05, 0.1) is 5.69 Å². The summed E-state index contributed by atoms with van der Waals surface area (Å²) >= 11 is 3.46. The third-order valence-corrected chi connectivity index (χ3v) is 4.16. The van der Waals surface area contributed by atoms with Crippen LogP contribution in [-0.4, -0.2) is 33.2 Å². The Kier molecular flexibility index (Phi) is 4.43. The van der Waals surface area contributed by atoms with Crippen LogP contribution in [0.5, 0.6) is 11.5 Å². The standard InChI is InChI=1S/C17H17BrN2O3/c1-20(2)12-5-3-4-11(8-12)17(21)19-14-10-16-15(9-13(14)18)22-6-7-23-16/h3-5,8-10H,6-7H2,1-2H3,(H,19,21). The highest BCUT2D eigenvalue weighted by molar-refractivity contribution is 9.10. The van der Waals surface area contributed by atoms with Crippen molar-refractivity contribution in [3.8, 4) is 11.5 Å². The molecular weight excluding hydrogens is 360 g/mol. The molecule has 0 saturated carbocycles. The zero-order chi connectivity index (χ0) is 16.4. The summed E-state index contributed by atoms with van der Waals surface area (Å²) in [5, 5.41) is 2.90. The number of halogens is 1. The molecular formula is C17H17BrN2O3. The van der Waals surface area contributed by atoms with Crippen molar-refractivity contribution in [3.05, 3.63) is 46.4 Å². The molecule has 2 aromatic rings. The van der Waals surface area contributed by atoms with Crippen LogP contribution in [-0.2, 0) is 0 Å². The molecule has 1 heterocycles. The Bertz CT molecular complexity index is 747. The second kappa shape index (κ2) is 6.50. The first kappa shape index (κ1) is 15.7. The third-order valence-electron chi connectivity index (χ3n) is 3.50. The van der Waals surface area contributed by atoms with E-state index in [0.717, 1.165) is 10.2 Å². The molecule has 0 bridgehead atoms. The number of benzene rings is 2. The first-order valence-corrected chi connectivity index (χ1v) is 8.02. The van der Waals surface area contributed by atoms with Crippen molar-refractivity contribution in [1.82, 2.24) is 0 Å². The number of amides is 1. The summed E-state index contributed by atoms with van der Waals surface area (Å²) in [4.78, 5) is 14.4. The van der Waals surface area contributed by atoms with Gasteiger partial charge in [-0.1, -0.05) is 6.07 Å². The monoisotopic (exact) mass is 376 g/mol. The van der Waals surface area contributed by atoms with Crippen molar-refractivity contribution in [1.29, 1.82) is 0 Å². The van der Waals surface area contributed by atoms with Crippen molar-refractivity contribution in [3.63, 3.8) is 0 Å². The molecule has 0 atom stereocenters. The Labute approximate surface area is 143 Å². The molecule has 1 aliphatic rings. The molecule has 0 saturated heterocycles. The van der Waals surface area contributed by atoms with Crippen LogP contribution in [0.4, 0.5) is 11.4 Å². The van der Waals surface area contributed by atoms with Crippen LogP contribution in [0.15, 0.2) is 40.9 Å². The molecule has 120 valence electrons. The number of ether oxygens (including phenoxy) is 2. The van der Waals surface area contributed by atoms with Crippen molar-refractivity contribution >= 4 is 33.2 Å². The van der Waals surface area contributed by atoms with Crippen LogP contribution in [0.1, 0.15) is 10.4 Å². The van der Waals surface area contributed by atoms with Gasteiger partial charge in [0.15, 0.2) is 11.5 Å². The smallest absolute Gasteiger partial charge is 0.255 e. The summed E-state index contributed by atoms with van der Waals surface area (Å²) < 4.78 is 11.8. The molecule has 6 heteroatoms. The molecule has 0 unspecified atom stereocenters. The lowest BCUT2D eigenvalue weighted by Gasteiger charge is -2.20. The van der Waals surface area contributed by atoms with Gasteiger partial charge in [-0.3, -0.25) is 4.79 Å². The van der Waals surface area contributed by atoms with Crippen molar-refractivity contribution in [2.45, 2.75) is 0 Å². The molecule has 1 N–H and O–H groups in total. The molecule has 0 aromatic heterocycles. The Morgan fingerprint density at radius 3 is 2.52 bits per heavy atom. The molecule has 23 heavy (non-hydrogen) atoms. The van der Waals surface area contributed by atoms with E-state index in [2.05, 4.69) is 21.2 Å². The SMILES string of the molecule is CN(C)c1cccc(C(=O)Nc2cc3c(cc2Br)OCCO3)c1. The van der Waals surface area contributed by atoms with Crippen molar-refractivity contribution in [2.75, 3.05) is 37.5 Å². The molecule has 0 fully saturated rings. The van der Waals surface area contributed by atoms with E-state index in [4.69, 9.17) is 9.47 Å². The van der Waals surface area contributed by atoms with E-state index in [0.29, 0.717) is 36.0 Å². The van der Waals surface area contributed by atoms with Crippen LogP contribution in [0.3, 0.4) is 0 Å².